The Morgan fingerprint density at radius 2 is 1.59 bits per heavy atom. The summed E-state index contributed by atoms with van der Waals surface area (Å²) in [7, 11) is 0. The Balaban J connectivity index is 1.78. The lowest BCUT2D eigenvalue weighted by atomic mass is 9.98. The number of carbonyl (C=O) groups is 2. The van der Waals surface area contributed by atoms with Crippen molar-refractivity contribution >= 4 is 11.9 Å². The standard InChI is InChI=1S/C23H21NO5/c24-22(23(27)28)19-9-4-8-17(12-19)16-7-3-5-15(11-16)14-29-20-10-2-1-6-18(20)13-21(25)26/h1-12,22H,13-14,24H2,(H,25,26)(H,27,28). The van der Waals surface area contributed by atoms with Crippen molar-refractivity contribution < 1.29 is 24.5 Å². The van der Waals surface area contributed by atoms with Gasteiger partial charge >= 0.3 is 11.9 Å². The fourth-order valence-corrected chi connectivity index (χ4v) is 3.01. The van der Waals surface area contributed by atoms with E-state index < -0.39 is 18.0 Å². The second-order valence-corrected chi connectivity index (χ2v) is 6.61. The highest BCUT2D eigenvalue weighted by molar-refractivity contribution is 5.76. The summed E-state index contributed by atoms with van der Waals surface area (Å²) in [6, 6.07) is 20.8. The molecule has 148 valence electrons. The van der Waals surface area contributed by atoms with Crippen LogP contribution in [0.1, 0.15) is 22.7 Å². The summed E-state index contributed by atoms with van der Waals surface area (Å²) < 4.78 is 5.85. The van der Waals surface area contributed by atoms with E-state index in [0.29, 0.717) is 16.9 Å². The van der Waals surface area contributed by atoms with Gasteiger partial charge in [0.2, 0.25) is 0 Å². The number of hydrogen-bond acceptors (Lipinski definition) is 4. The zero-order chi connectivity index (χ0) is 20.8. The number of nitrogens with two attached hydrogens (primary N) is 1. The predicted octanol–water partition coefficient (Wildman–Crippen LogP) is 3.64. The van der Waals surface area contributed by atoms with E-state index in [-0.39, 0.29) is 13.0 Å². The molecule has 3 aromatic rings. The van der Waals surface area contributed by atoms with Gasteiger partial charge in [0, 0.05) is 5.56 Å². The van der Waals surface area contributed by atoms with Gasteiger partial charge in [0.1, 0.15) is 18.4 Å². The fraction of sp³-hybridized carbons (Fsp3) is 0.130. The highest BCUT2D eigenvalue weighted by atomic mass is 16.5. The van der Waals surface area contributed by atoms with Crippen molar-refractivity contribution in [2.24, 2.45) is 5.73 Å². The van der Waals surface area contributed by atoms with E-state index >= 15 is 0 Å². The molecule has 6 nitrogen and oxygen atoms in total. The van der Waals surface area contributed by atoms with Gasteiger partial charge in [-0.05, 0) is 40.5 Å². The number of benzene rings is 3. The van der Waals surface area contributed by atoms with Crippen LogP contribution in [-0.2, 0) is 22.6 Å². The molecule has 4 N–H and O–H groups in total. The molecule has 0 aliphatic carbocycles. The number of ether oxygens (including phenoxy) is 1. The summed E-state index contributed by atoms with van der Waals surface area (Å²) in [5.41, 5.74) is 9.52. The van der Waals surface area contributed by atoms with Crippen molar-refractivity contribution in [3.8, 4) is 16.9 Å². The molecule has 3 rings (SSSR count). The molecule has 0 saturated carbocycles. The molecule has 0 heterocycles. The van der Waals surface area contributed by atoms with E-state index in [0.717, 1.165) is 16.7 Å². The summed E-state index contributed by atoms with van der Waals surface area (Å²) in [5.74, 6) is -1.46. The molecule has 0 aliphatic heterocycles. The predicted molar refractivity (Wildman–Crippen MR) is 109 cm³/mol. The number of hydrogen-bond donors (Lipinski definition) is 3. The molecule has 3 aromatic carbocycles. The second kappa shape index (κ2) is 9.03. The van der Waals surface area contributed by atoms with Gasteiger partial charge in [-0.2, -0.15) is 0 Å². The Labute approximate surface area is 168 Å². The third-order valence-corrected chi connectivity index (χ3v) is 4.48. The van der Waals surface area contributed by atoms with E-state index in [4.69, 9.17) is 20.7 Å². The first kappa shape index (κ1) is 20.1. The second-order valence-electron chi connectivity index (χ2n) is 6.61. The van der Waals surface area contributed by atoms with Gasteiger partial charge in [0.15, 0.2) is 0 Å². The summed E-state index contributed by atoms with van der Waals surface area (Å²) in [6.07, 6.45) is -0.104. The summed E-state index contributed by atoms with van der Waals surface area (Å²) in [6.45, 7) is 0.277. The summed E-state index contributed by atoms with van der Waals surface area (Å²) in [4.78, 5) is 22.2. The van der Waals surface area contributed by atoms with E-state index in [2.05, 4.69) is 0 Å². The molecule has 29 heavy (non-hydrogen) atoms. The number of rotatable bonds is 8. The largest absolute Gasteiger partial charge is 0.489 e. The molecule has 6 heteroatoms. The molecular weight excluding hydrogens is 370 g/mol. The van der Waals surface area contributed by atoms with Crippen molar-refractivity contribution in [1.82, 2.24) is 0 Å². The zero-order valence-corrected chi connectivity index (χ0v) is 15.6. The molecule has 0 amide bonds. The van der Waals surface area contributed by atoms with E-state index in [9.17, 15) is 9.59 Å². The summed E-state index contributed by atoms with van der Waals surface area (Å²) in [5, 5.41) is 18.2. The van der Waals surface area contributed by atoms with Crippen LogP contribution in [0.3, 0.4) is 0 Å². The zero-order valence-electron chi connectivity index (χ0n) is 15.6. The Bertz CT molecular complexity index is 1030. The first-order chi connectivity index (χ1) is 13.9. The quantitative estimate of drug-likeness (QED) is 0.541. The van der Waals surface area contributed by atoms with Crippen LogP contribution in [0, 0.1) is 0 Å². The number of carboxylic acid groups (broad SMARTS) is 2. The van der Waals surface area contributed by atoms with Crippen molar-refractivity contribution in [1.29, 1.82) is 0 Å². The van der Waals surface area contributed by atoms with Gasteiger partial charge in [0.05, 0.1) is 6.42 Å². The Morgan fingerprint density at radius 1 is 0.897 bits per heavy atom. The maximum atomic E-state index is 11.1. The van der Waals surface area contributed by atoms with Crippen LogP contribution in [0.5, 0.6) is 5.75 Å². The molecule has 0 radical (unpaired) electrons. The third kappa shape index (κ3) is 5.21. The van der Waals surface area contributed by atoms with Crippen molar-refractivity contribution in [2.45, 2.75) is 19.1 Å². The molecule has 0 aliphatic rings. The smallest absolute Gasteiger partial charge is 0.325 e. The number of para-hydroxylation sites is 1. The maximum Gasteiger partial charge on any atom is 0.325 e. The van der Waals surface area contributed by atoms with E-state index in [1.165, 1.54) is 0 Å². The van der Waals surface area contributed by atoms with Crippen molar-refractivity contribution in [2.75, 3.05) is 0 Å². The van der Waals surface area contributed by atoms with Crippen LogP contribution in [0.15, 0.2) is 72.8 Å². The Kier molecular flexibility index (Phi) is 6.26. The van der Waals surface area contributed by atoms with Crippen LogP contribution in [-0.4, -0.2) is 22.2 Å². The first-order valence-electron chi connectivity index (χ1n) is 9.04. The first-order valence-corrected chi connectivity index (χ1v) is 9.04. The maximum absolute atomic E-state index is 11.1. The van der Waals surface area contributed by atoms with Crippen molar-refractivity contribution in [3.63, 3.8) is 0 Å². The minimum Gasteiger partial charge on any atom is -0.489 e. The van der Waals surface area contributed by atoms with Crippen molar-refractivity contribution in [3.05, 3.63) is 89.5 Å². The van der Waals surface area contributed by atoms with Gasteiger partial charge in [0.25, 0.3) is 0 Å². The normalized spacial score (nSPS) is 11.6. The van der Waals surface area contributed by atoms with Crippen LogP contribution < -0.4 is 10.5 Å². The van der Waals surface area contributed by atoms with Crippen LogP contribution in [0.4, 0.5) is 0 Å². The number of carboxylic acids is 2. The highest BCUT2D eigenvalue weighted by Gasteiger charge is 2.14. The monoisotopic (exact) mass is 391 g/mol. The molecular formula is C23H21NO5. The molecule has 0 saturated heterocycles. The third-order valence-electron chi connectivity index (χ3n) is 4.48. The van der Waals surface area contributed by atoms with Gasteiger partial charge in [-0.25, -0.2) is 0 Å². The SMILES string of the molecule is NC(C(=O)O)c1cccc(-c2cccc(COc3ccccc3CC(=O)O)c2)c1. The Morgan fingerprint density at radius 3 is 2.31 bits per heavy atom. The van der Waals surface area contributed by atoms with Crippen LogP contribution in [0.2, 0.25) is 0 Å². The topological polar surface area (TPSA) is 110 Å². The molecule has 0 spiro atoms. The van der Waals surface area contributed by atoms with Gasteiger partial charge in [-0.15, -0.1) is 0 Å². The van der Waals surface area contributed by atoms with E-state index in [1.807, 2.05) is 30.3 Å². The minimum atomic E-state index is -1.08. The van der Waals surface area contributed by atoms with Crippen LogP contribution in [0.25, 0.3) is 11.1 Å². The van der Waals surface area contributed by atoms with Gasteiger partial charge in [-0.3, -0.25) is 9.59 Å². The molecule has 0 aromatic heterocycles. The summed E-state index contributed by atoms with van der Waals surface area (Å²) >= 11 is 0. The van der Waals surface area contributed by atoms with Crippen LogP contribution >= 0.6 is 0 Å². The molecule has 1 atom stereocenters. The highest BCUT2D eigenvalue weighted by Crippen LogP contribution is 2.25. The lowest BCUT2D eigenvalue weighted by Gasteiger charge is -2.12. The average molecular weight is 391 g/mol. The lowest BCUT2D eigenvalue weighted by Crippen LogP contribution is -2.20. The van der Waals surface area contributed by atoms with Gasteiger partial charge in [-0.1, -0.05) is 54.6 Å². The average Bonchev–Trinajstić information content (AvgIpc) is 2.72. The number of aliphatic carboxylic acids is 2. The lowest BCUT2D eigenvalue weighted by molar-refractivity contribution is -0.139. The Hall–Kier alpha value is -3.64. The van der Waals surface area contributed by atoms with Gasteiger partial charge < -0.3 is 20.7 Å². The van der Waals surface area contributed by atoms with E-state index in [1.54, 1.807) is 42.5 Å². The molecule has 1 unspecified atom stereocenters. The fourth-order valence-electron chi connectivity index (χ4n) is 3.01. The molecule has 0 fully saturated rings. The minimum absolute atomic E-state index is 0.104. The molecule has 0 bridgehead atoms.